The molecule has 0 unspecified atom stereocenters. The lowest BCUT2D eigenvalue weighted by Gasteiger charge is -2.31. The van der Waals surface area contributed by atoms with Crippen LogP contribution in [0.5, 0.6) is 0 Å². The van der Waals surface area contributed by atoms with Crippen LogP contribution in [0.2, 0.25) is 0 Å². The Morgan fingerprint density at radius 2 is 1.16 bits per heavy atom. The van der Waals surface area contributed by atoms with Gasteiger partial charge in [0.05, 0.1) is 20.1 Å². The van der Waals surface area contributed by atoms with E-state index in [-0.39, 0.29) is 19.5 Å². The quantitative estimate of drug-likeness (QED) is 0.148. The van der Waals surface area contributed by atoms with Gasteiger partial charge in [-0.3, -0.25) is 9.59 Å². The van der Waals surface area contributed by atoms with E-state index in [0.29, 0.717) is 0 Å². The summed E-state index contributed by atoms with van der Waals surface area (Å²) < 4.78 is 24.7. The van der Waals surface area contributed by atoms with Crippen molar-refractivity contribution < 1.29 is 47.7 Å². The molecule has 0 aliphatic carbocycles. The molecule has 0 saturated carbocycles. The largest absolute Gasteiger partial charge is 0.468 e. The highest BCUT2D eigenvalue weighted by atomic mass is 16.6. The number of carbonyl (C=O) groups excluding carboxylic acids is 5. The van der Waals surface area contributed by atoms with Crippen molar-refractivity contribution >= 4 is 29.8 Å². The fourth-order valence-electron chi connectivity index (χ4n) is 1.86. The normalized spacial score (nSPS) is 10.2. The molecule has 0 saturated heterocycles. The molecule has 0 fully saturated rings. The maximum absolute atomic E-state index is 12.0. The lowest BCUT2D eigenvalue weighted by atomic mass is 9.92. The summed E-state index contributed by atoms with van der Waals surface area (Å²) in [5.74, 6) is -3.51. The van der Waals surface area contributed by atoms with Gasteiger partial charge in [0, 0.05) is 24.8 Å². The Balaban J connectivity index is 5.17. The zero-order valence-corrected chi connectivity index (χ0v) is 17.4. The summed E-state index contributed by atoms with van der Waals surface area (Å²) in [5, 5.41) is 2.69. The molecule has 31 heavy (non-hydrogen) atoms. The first kappa shape index (κ1) is 27.5. The minimum atomic E-state index is -1.40. The van der Waals surface area contributed by atoms with Gasteiger partial charge in [-0.05, 0) is 0 Å². The van der Waals surface area contributed by atoms with Crippen LogP contribution in [0.25, 0.3) is 0 Å². The standard InChI is InChI=1S/C20H27NO10/c1-5-15(22)28-11-20(12-29-16(23)6-2,13-30-17(24)7-3)14-31-18(25)8-9-21-10-19(26)27-4/h5-7,21H,1-3,8-14H2,4H3. The smallest absolute Gasteiger partial charge is 0.330 e. The molecule has 172 valence electrons. The SMILES string of the molecule is C=CC(=O)OCC(COC(=O)C=C)(COC(=O)C=C)COC(=O)CCNCC(=O)OC. The molecule has 0 rings (SSSR count). The monoisotopic (exact) mass is 441 g/mol. The zero-order chi connectivity index (χ0) is 23.7. The third-order valence-electron chi connectivity index (χ3n) is 3.60. The third kappa shape index (κ3) is 12.6. The van der Waals surface area contributed by atoms with Gasteiger partial charge in [-0.2, -0.15) is 0 Å². The van der Waals surface area contributed by atoms with Crippen LogP contribution in [0.1, 0.15) is 6.42 Å². The van der Waals surface area contributed by atoms with Crippen molar-refractivity contribution in [1.82, 2.24) is 5.32 Å². The molecular weight excluding hydrogens is 414 g/mol. The van der Waals surface area contributed by atoms with Crippen LogP contribution in [-0.2, 0) is 47.7 Å². The predicted molar refractivity (Wildman–Crippen MR) is 106 cm³/mol. The second-order valence-electron chi connectivity index (χ2n) is 6.10. The van der Waals surface area contributed by atoms with Crippen molar-refractivity contribution in [2.24, 2.45) is 5.41 Å². The number of hydrogen-bond acceptors (Lipinski definition) is 11. The first-order valence-electron chi connectivity index (χ1n) is 9.02. The number of ether oxygens (including phenoxy) is 5. The van der Waals surface area contributed by atoms with E-state index < -0.39 is 61.7 Å². The molecule has 0 atom stereocenters. The minimum Gasteiger partial charge on any atom is -0.468 e. The minimum absolute atomic E-state index is 0.0831. The number of nitrogens with one attached hydrogen (secondary N) is 1. The fraction of sp³-hybridized carbons (Fsp3) is 0.450. The zero-order valence-electron chi connectivity index (χ0n) is 17.4. The van der Waals surface area contributed by atoms with Gasteiger partial charge in [0.1, 0.15) is 31.8 Å². The van der Waals surface area contributed by atoms with Crippen LogP contribution in [0.3, 0.4) is 0 Å². The van der Waals surface area contributed by atoms with E-state index in [0.717, 1.165) is 18.2 Å². The maximum atomic E-state index is 12.0. The Bertz CT molecular complexity index is 626. The van der Waals surface area contributed by atoms with E-state index in [1.54, 1.807) is 0 Å². The highest BCUT2D eigenvalue weighted by molar-refractivity contribution is 5.82. The van der Waals surface area contributed by atoms with Gasteiger partial charge >= 0.3 is 29.8 Å². The fourth-order valence-corrected chi connectivity index (χ4v) is 1.86. The molecule has 0 heterocycles. The first-order valence-corrected chi connectivity index (χ1v) is 9.02. The molecule has 0 radical (unpaired) electrons. The Hall–Kier alpha value is -3.47. The molecule has 1 N–H and O–H groups in total. The van der Waals surface area contributed by atoms with Crippen molar-refractivity contribution in [3.8, 4) is 0 Å². The van der Waals surface area contributed by atoms with Crippen LogP contribution in [-0.4, -0.2) is 76.5 Å². The highest BCUT2D eigenvalue weighted by Crippen LogP contribution is 2.22. The van der Waals surface area contributed by atoms with E-state index in [1.165, 1.54) is 7.11 Å². The summed E-state index contributed by atoms with van der Waals surface area (Å²) in [5.41, 5.74) is -1.40. The van der Waals surface area contributed by atoms with Crippen molar-refractivity contribution in [1.29, 1.82) is 0 Å². The summed E-state index contributed by atoms with van der Waals surface area (Å²) in [6, 6.07) is 0. The van der Waals surface area contributed by atoms with Crippen molar-refractivity contribution in [2.75, 3.05) is 46.6 Å². The number of esters is 5. The van der Waals surface area contributed by atoms with Crippen molar-refractivity contribution in [3.05, 3.63) is 38.0 Å². The van der Waals surface area contributed by atoms with Crippen LogP contribution < -0.4 is 5.32 Å². The average Bonchev–Trinajstić information content (AvgIpc) is 2.79. The van der Waals surface area contributed by atoms with Gasteiger partial charge in [0.15, 0.2) is 0 Å². The van der Waals surface area contributed by atoms with Crippen molar-refractivity contribution in [3.63, 3.8) is 0 Å². The van der Waals surface area contributed by atoms with Gasteiger partial charge in [0.2, 0.25) is 0 Å². The van der Waals surface area contributed by atoms with Gasteiger partial charge in [-0.15, -0.1) is 0 Å². The Labute approximate surface area is 180 Å². The van der Waals surface area contributed by atoms with E-state index >= 15 is 0 Å². The molecule has 11 heteroatoms. The van der Waals surface area contributed by atoms with E-state index in [4.69, 9.17) is 18.9 Å². The number of hydrogen-bond donors (Lipinski definition) is 1. The number of carbonyl (C=O) groups is 5. The molecule has 0 aromatic heterocycles. The van der Waals surface area contributed by atoms with Gasteiger partial charge in [0.25, 0.3) is 0 Å². The van der Waals surface area contributed by atoms with Gasteiger partial charge in [-0.25, -0.2) is 14.4 Å². The lowest BCUT2D eigenvalue weighted by Crippen LogP contribution is -2.43. The Morgan fingerprint density at radius 1 is 0.742 bits per heavy atom. The third-order valence-corrected chi connectivity index (χ3v) is 3.60. The Morgan fingerprint density at radius 3 is 1.55 bits per heavy atom. The Kier molecular flexibility index (Phi) is 13.7. The summed E-state index contributed by atoms with van der Waals surface area (Å²) in [6.07, 6.45) is 2.64. The summed E-state index contributed by atoms with van der Waals surface area (Å²) in [4.78, 5) is 57.6. The second kappa shape index (κ2) is 15.4. The van der Waals surface area contributed by atoms with Gasteiger partial charge in [-0.1, -0.05) is 19.7 Å². The van der Waals surface area contributed by atoms with Crippen LogP contribution >= 0.6 is 0 Å². The topological polar surface area (TPSA) is 144 Å². The molecule has 0 spiro atoms. The molecule has 0 bridgehead atoms. The highest BCUT2D eigenvalue weighted by Gasteiger charge is 2.37. The molecule has 0 aromatic rings. The van der Waals surface area contributed by atoms with Crippen LogP contribution in [0.15, 0.2) is 38.0 Å². The van der Waals surface area contributed by atoms with Crippen molar-refractivity contribution in [2.45, 2.75) is 6.42 Å². The average molecular weight is 441 g/mol. The molecule has 0 aliphatic rings. The van der Waals surface area contributed by atoms with Crippen LogP contribution in [0.4, 0.5) is 0 Å². The number of methoxy groups -OCH3 is 1. The summed E-state index contributed by atoms with van der Waals surface area (Å²) >= 11 is 0. The summed E-state index contributed by atoms with van der Waals surface area (Å²) in [6.45, 7) is 8.20. The van der Waals surface area contributed by atoms with E-state index in [2.05, 4.69) is 29.8 Å². The summed E-state index contributed by atoms with van der Waals surface area (Å²) in [7, 11) is 1.23. The van der Waals surface area contributed by atoms with Crippen LogP contribution in [0, 0.1) is 5.41 Å². The lowest BCUT2D eigenvalue weighted by molar-refractivity contribution is -0.166. The van der Waals surface area contributed by atoms with Gasteiger partial charge < -0.3 is 29.0 Å². The molecule has 11 nitrogen and oxygen atoms in total. The molecular formula is C20H27NO10. The predicted octanol–water partition coefficient (Wildman–Crippen LogP) is -0.144. The second-order valence-corrected chi connectivity index (χ2v) is 6.10. The molecule has 0 aromatic carbocycles. The molecule has 0 aliphatic heterocycles. The number of rotatable bonds is 16. The first-order chi connectivity index (χ1) is 14.7. The molecule has 0 amide bonds. The van der Waals surface area contributed by atoms with E-state index in [1.807, 2.05) is 0 Å². The maximum Gasteiger partial charge on any atom is 0.330 e. The van der Waals surface area contributed by atoms with E-state index in [9.17, 15) is 24.0 Å².